The summed E-state index contributed by atoms with van der Waals surface area (Å²) < 4.78 is 0. The Balaban J connectivity index is 1.85. The van der Waals surface area contributed by atoms with Crippen LogP contribution in [-0.4, -0.2) is 23.4 Å². The van der Waals surface area contributed by atoms with Gasteiger partial charge in [-0.25, -0.2) is 0 Å². The Morgan fingerprint density at radius 1 is 0.944 bits per heavy atom. The van der Waals surface area contributed by atoms with Gasteiger partial charge in [-0.1, -0.05) is 6.42 Å². The van der Waals surface area contributed by atoms with Gasteiger partial charge in [0.1, 0.15) is 0 Å². The lowest BCUT2D eigenvalue weighted by Crippen LogP contribution is -2.41. The van der Waals surface area contributed by atoms with Gasteiger partial charge in [0.05, 0.1) is 0 Å². The van der Waals surface area contributed by atoms with E-state index in [4.69, 9.17) is 0 Å². The zero-order valence-corrected chi connectivity index (χ0v) is 11.5. The van der Waals surface area contributed by atoms with E-state index in [0.29, 0.717) is 24.0 Å². The van der Waals surface area contributed by atoms with Crippen LogP contribution in [0.5, 0.6) is 0 Å². The highest BCUT2D eigenvalue weighted by Gasteiger charge is 2.66. The smallest absolute Gasteiger partial charge is 0.0431 e. The van der Waals surface area contributed by atoms with Gasteiger partial charge in [-0.3, -0.25) is 0 Å². The second-order valence-corrected chi connectivity index (χ2v) is 7.09. The van der Waals surface area contributed by atoms with Gasteiger partial charge in [0.25, 0.3) is 0 Å². The molecule has 3 rings (SSSR count). The highest BCUT2D eigenvalue weighted by molar-refractivity contribution is 5.15. The highest BCUT2D eigenvalue weighted by Crippen LogP contribution is 2.75. The molecular formula is C16H28O2. The molecule has 0 amide bonds. The van der Waals surface area contributed by atoms with Gasteiger partial charge < -0.3 is 10.2 Å². The van der Waals surface area contributed by atoms with Gasteiger partial charge in [-0.05, 0) is 80.5 Å². The predicted octanol–water partition coefficient (Wildman–Crippen LogP) is 3.12. The summed E-state index contributed by atoms with van der Waals surface area (Å²) in [5.41, 5.74) is 1.09. The lowest BCUT2D eigenvalue weighted by Gasteiger charge is -2.49. The van der Waals surface area contributed by atoms with Gasteiger partial charge in [0, 0.05) is 13.2 Å². The Morgan fingerprint density at radius 3 is 2.50 bits per heavy atom. The Bertz CT molecular complexity index is 303. The Morgan fingerprint density at radius 2 is 1.72 bits per heavy atom. The van der Waals surface area contributed by atoms with E-state index in [1.54, 1.807) is 0 Å². The average Bonchev–Trinajstić information content (AvgIpc) is 3.04. The van der Waals surface area contributed by atoms with Crippen molar-refractivity contribution < 1.29 is 10.2 Å². The summed E-state index contributed by atoms with van der Waals surface area (Å²) in [5, 5.41) is 18.4. The third kappa shape index (κ3) is 1.61. The Labute approximate surface area is 111 Å². The normalized spacial score (nSPS) is 45.7. The third-order valence-corrected chi connectivity index (χ3v) is 6.71. The molecule has 3 aliphatic rings. The van der Waals surface area contributed by atoms with Crippen LogP contribution in [0.15, 0.2) is 0 Å². The summed E-state index contributed by atoms with van der Waals surface area (Å²) in [5.74, 6) is 1.93. The van der Waals surface area contributed by atoms with Crippen molar-refractivity contribution in [2.45, 2.75) is 64.2 Å². The number of hydrogen-bond donors (Lipinski definition) is 2. The van der Waals surface area contributed by atoms with Crippen molar-refractivity contribution in [3.8, 4) is 0 Å². The Hall–Kier alpha value is -0.0800. The number of aliphatic hydroxyl groups excluding tert-OH is 2. The molecule has 0 aromatic rings. The fraction of sp³-hybridized carbons (Fsp3) is 1.00. The van der Waals surface area contributed by atoms with Crippen LogP contribution < -0.4 is 0 Å². The van der Waals surface area contributed by atoms with Crippen LogP contribution >= 0.6 is 0 Å². The van der Waals surface area contributed by atoms with Crippen LogP contribution in [0.25, 0.3) is 0 Å². The monoisotopic (exact) mass is 252 g/mol. The van der Waals surface area contributed by atoms with Gasteiger partial charge in [0.2, 0.25) is 0 Å². The number of aliphatic hydroxyl groups is 2. The van der Waals surface area contributed by atoms with Gasteiger partial charge in [-0.2, -0.15) is 0 Å². The second-order valence-electron chi connectivity index (χ2n) is 7.09. The van der Waals surface area contributed by atoms with Crippen molar-refractivity contribution in [1.82, 2.24) is 0 Å². The first-order valence-electron chi connectivity index (χ1n) is 8.00. The van der Waals surface area contributed by atoms with Crippen molar-refractivity contribution >= 4 is 0 Å². The third-order valence-electron chi connectivity index (χ3n) is 6.71. The number of fused-ring (bicyclic) bond motifs is 5. The van der Waals surface area contributed by atoms with E-state index in [2.05, 4.69) is 0 Å². The largest absolute Gasteiger partial charge is 0.396 e. The molecule has 0 aliphatic heterocycles. The molecule has 2 nitrogen and oxygen atoms in total. The molecule has 2 bridgehead atoms. The summed E-state index contributed by atoms with van der Waals surface area (Å²) in [6.45, 7) is 0.711. The first-order chi connectivity index (χ1) is 8.78. The van der Waals surface area contributed by atoms with E-state index in [1.807, 2.05) is 0 Å². The van der Waals surface area contributed by atoms with Crippen LogP contribution in [0.2, 0.25) is 0 Å². The summed E-state index contributed by atoms with van der Waals surface area (Å²) >= 11 is 0. The standard InChI is InChI=1S/C16H28O2/c17-10-2-6-15-9-5-13(12-15)14-4-1-7-16(14,15)8-3-11-18/h13-14,17-18H,1-12H2. The maximum absolute atomic E-state index is 9.23. The van der Waals surface area contributed by atoms with Crippen LogP contribution in [0.3, 0.4) is 0 Å². The molecule has 18 heavy (non-hydrogen) atoms. The zero-order chi connectivity index (χ0) is 12.6. The topological polar surface area (TPSA) is 40.5 Å². The molecule has 2 heteroatoms. The van der Waals surface area contributed by atoms with E-state index in [0.717, 1.165) is 24.7 Å². The minimum atomic E-state index is 0.354. The van der Waals surface area contributed by atoms with Crippen molar-refractivity contribution in [1.29, 1.82) is 0 Å². The first kappa shape index (κ1) is 12.9. The van der Waals surface area contributed by atoms with Crippen LogP contribution in [0.4, 0.5) is 0 Å². The van der Waals surface area contributed by atoms with Gasteiger partial charge in [0.15, 0.2) is 0 Å². The summed E-state index contributed by atoms with van der Waals surface area (Å²) in [6.07, 6.45) is 13.0. The van der Waals surface area contributed by atoms with E-state index in [1.165, 1.54) is 51.4 Å². The molecule has 0 aromatic carbocycles. The van der Waals surface area contributed by atoms with E-state index in [-0.39, 0.29) is 0 Å². The summed E-state index contributed by atoms with van der Waals surface area (Å²) in [7, 11) is 0. The van der Waals surface area contributed by atoms with Crippen LogP contribution in [0, 0.1) is 22.7 Å². The molecule has 4 atom stereocenters. The molecule has 3 aliphatic carbocycles. The molecule has 3 saturated carbocycles. The molecule has 4 unspecified atom stereocenters. The molecule has 2 N–H and O–H groups in total. The van der Waals surface area contributed by atoms with E-state index in [9.17, 15) is 10.2 Å². The van der Waals surface area contributed by atoms with Crippen molar-refractivity contribution in [3.05, 3.63) is 0 Å². The number of hydrogen-bond acceptors (Lipinski definition) is 2. The fourth-order valence-electron chi connectivity index (χ4n) is 6.27. The van der Waals surface area contributed by atoms with Crippen LogP contribution in [0.1, 0.15) is 64.2 Å². The maximum Gasteiger partial charge on any atom is 0.0431 e. The van der Waals surface area contributed by atoms with Crippen LogP contribution in [-0.2, 0) is 0 Å². The molecule has 0 saturated heterocycles. The van der Waals surface area contributed by atoms with E-state index >= 15 is 0 Å². The molecule has 0 aromatic heterocycles. The quantitative estimate of drug-likeness (QED) is 0.762. The summed E-state index contributed by atoms with van der Waals surface area (Å²) in [6, 6.07) is 0. The Kier molecular flexibility index (Phi) is 3.44. The van der Waals surface area contributed by atoms with Crippen molar-refractivity contribution in [2.75, 3.05) is 13.2 Å². The first-order valence-corrected chi connectivity index (χ1v) is 8.00. The van der Waals surface area contributed by atoms with Crippen molar-refractivity contribution in [3.63, 3.8) is 0 Å². The number of rotatable bonds is 6. The van der Waals surface area contributed by atoms with Gasteiger partial charge in [-0.15, -0.1) is 0 Å². The van der Waals surface area contributed by atoms with Crippen molar-refractivity contribution in [2.24, 2.45) is 22.7 Å². The SMILES string of the molecule is OCCCC12CCC(C1)C1CCCC12CCCO. The van der Waals surface area contributed by atoms with Gasteiger partial charge >= 0.3 is 0 Å². The minimum Gasteiger partial charge on any atom is -0.396 e. The fourth-order valence-corrected chi connectivity index (χ4v) is 6.27. The minimum absolute atomic E-state index is 0.354. The highest BCUT2D eigenvalue weighted by atomic mass is 16.3. The zero-order valence-electron chi connectivity index (χ0n) is 11.5. The molecule has 0 spiro atoms. The molecular weight excluding hydrogens is 224 g/mol. The average molecular weight is 252 g/mol. The maximum atomic E-state index is 9.23. The van der Waals surface area contributed by atoms with E-state index < -0.39 is 0 Å². The molecule has 104 valence electrons. The second kappa shape index (κ2) is 4.79. The predicted molar refractivity (Wildman–Crippen MR) is 72.2 cm³/mol. The molecule has 0 radical (unpaired) electrons. The lowest BCUT2D eigenvalue weighted by molar-refractivity contribution is -0.00355. The summed E-state index contributed by atoms with van der Waals surface area (Å²) in [4.78, 5) is 0. The lowest BCUT2D eigenvalue weighted by atomic mass is 9.56. The molecule has 0 heterocycles. The molecule has 3 fully saturated rings.